The van der Waals surface area contributed by atoms with Crippen molar-refractivity contribution in [1.29, 1.82) is 0 Å². The van der Waals surface area contributed by atoms with Crippen LogP contribution in [0, 0.1) is 23.7 Å². The molecule has 3 aliphatic rings. The zero-order chi connectivity index (χ0) is 15.5. The Bertz CT molecular complexity index is 717. The number of allylic oxidation sites excluding steroid dienone is 2. The molecular formula is C19H24O2S. The van der Waals surface area contributed by atoms with Crippen LogP contribution in [0.5, 0.6) is 0 Å². The smallest absolute Gasteiger partial charge is 0.181 e. The lowest BCUT2D eigenvalue weighted by Gasteiger charge is -2.39. The number of benzene rings is 1. The van der Waals surface area contributed by atoms with Crippen LogP contribution in [-0.2, 0) is 9.84 Å². The third kappa shape index (κ3) is 1.94. The molecule has 2 nitrogen and oxygen atoms in total. The van der Waals surface area contributed by atoms with Crippen LogP contribution in [0.2, 0.25) is 0 Å². The van der Waals surface area contributed by atoms with Gasteiger partial charge in [-0.3, -0.25) is 0 Å². The number of fused-ring (bicyclic) bond motifs is 4. The van der Waals surface area contributed by atoms with Crippen molar-refractivity contribution in [2.24, 2.45) is 23.7 Å². The molecule has 0 heterocycles. The molecule has 5 atom stereocenters. The first-order valence-corrected chi connectivity index (χ1v) is 10.1. The van der Waals surface area contributed by atoms with Gasteiger partial charge in [0.1, 0.15) is 0 Å². The molecule has 0 amide bonds. The SMILES string of the molecule is C[C@@H]1C2=C([C@@H]3CC[C@@H]2C3)[C@@H](C)C[C@H]1S(=O)(=O)c1ccccc1. The van der Waals surface area contributed by atoms with Crippen molar-refractivity contribution in [1.82, 2.24) is 0 Å². The van der Waals surface area contributed by atoms with Crippen LogP contribution in [-0.4, -0.2) is 13.7 Å². The first kappa shape index (κ1) is 14.5. The monoisotopic (exact) mass is 316 g/mol. The van der Waals surface area contributed by atoms with E-state index >= 15 is 0 Å². The zero-order valence-corrected chi connectivity index (χ0v) is 14.1. The van der Waals surface area contributed by atoms with Gasteiger partial charge in [-0.25, -0.2) is 8.42 Å². The van der Waals surface area contributed by atoms with Crippen LogP contribution >= 0.6 is 0 Å². The van der Waals surface area contributed by atoms with Gasteiger partial charge in [0.25, 0.3) is 0 Å². The Morgan fingerprint density at radius 1 is 0.909 bits per heavy atom. The van der Waals surface area contributed by atoms with Crippen molar-refractivity contribution in [2.45, 2.75) is 49.7 Å². The summed E-state index contributed by atoms with van der Waals surface area (Å²) in [5, 5.41) is -0.247. The first-order chi connectivity index (χ1) is 10.5. The maximum absolute atomic E-state index is 13.1. The second kappa shape index (κ2) is 4.95. The van der Waals surface area contributed by atoms with Crippen LogP contribution in [0.15, 0.2) is 46.4 Å². The average molecular weight is 316 g/mol. The number of hydrogen-bond acceptors (Lipinski definition) is 2. The highest BCUT2D eigenvalue weighted by atomic mass is 32.2. The molecule has 0 aliphatic heterocycles. The molecule has 1 saturated carbocycles. The van der Waals surface area contributed by atoms with E-state index in [1.54, 1.807) is 17.7 Å². The van der Waals surface area contributed by atoms with Crippen LogP contribution in [0.25, 0.3) is 0 Å². The van der Waals surface area contributed by atoms with E-state index in [4.69, 9.17) is 0 Å². The fourth-order valence-electron chi connectivity index (χ4n) is 5.40. The molecule has 3 aliphatic carbocycles. The number of hydrogen-bond donors (Lipinski definition) is 0. The average Bonchev–Trinajstić information content (AvgIpc) is 3.13. The van der Waals surface area contributed by atoms with Gasteiger partial charge >= 0.3 is 0 Å². The normalized spacial score (nSPS) is 37.5. The van der Waals surface area contributed by atoms with Crippen LogP contribution in [0.4, 0.5) is 0 Å². The molecular weight excluding hydrogens is 292 g/mol. The molecule has 4 rings (SSSR count). The predicted octanol–water partition coefficient (Wildman–Crippen LogP) is 4.23. The van der Waals surface area contributed by atoms with Crippen LogP contribution in [0.1, 0.15) is 39.5 Å². The van der Waals surface area contributed by atoms with E-state index < -0.39 is 9.84 Å². The number of rotatable bonds is 2. The molecule has 0 radical (unpaired) electrons. The van der Waals surface area contributed by atoms with Gasteiger partial charge in [-0.1, -0.05) is 43.2 Å². The molecule has 1 fully saturated rings. The lowest BCUT2D eigenvalue weighted by molar-refractivity contribution is 0.394. The van der Waals surface area contributed by atoms with Gasteiger partial charge < -0.3 is 0 Å². The Hall–Kier alpha value is -1.09. The first-order valence-electron chi connectivity index (χ1n) is 8.53. The highest BCUT2D eigenvalue weighted by Crippen LogP contribution is 2.57. The van der Waals surface area contributed by atoms with E-state index in [1.165, 1.54) is 24.8 Å². The van der Waals surface area contributed by atoms with Crippen molar-refractivity contribution < 1.29 is 8.42 Å². The molecule has 0 saturated heterocycles. The lowest BCUT2D eigenvalue weighted by Crippen LogP contribution is -2.37. The van der Waals surface area contributed by atoms with E-state index in [9.17, 15) is 8.42 Å². The summed E-state index contributed by atoms with van der Waals surface area (Å²) in [5.74, 6) is 2.06. The van der Waals surface area contributed by atoms with Crippen molar-refractivity contribution in [3.05, 3.63) is 41.5 Å². The summed E-state index contributed by atoms with van der Waals surface area (Å²) < 4.78 is 26.2. The minimum absolute atomic E-state index is 0.187. The van der Waals surface area contributed by atoms with Crippen molar-refractivity contribution in [3.8, 4) is 0 Å². The Morgan fingerprint density at radius 2 is 1.55 bits per heavy atom. The second-order valence-corrected chi connectivity index (χ2v) is 9.61. The van der Waals surface area contributed by atoms with Crippen molar-refractivity contribution in [3.63, 3.8) is 0 Å². The molecule has 118 valence electrons. The minimum Gasteiger partial charge on any atom is -0.223 e. The fourth-order valence-corrected chi connectivity index (χ4v) is 7.51. The molecule has 2 bridgehead atoms. The largest absolute Gasteiger partial charge is 0.223 e. The van der Waals surface area contributed by atoms with Crippen LogP contribution in [0.3, 0.4) is 0 Å². The molecule has 1 aromatic carbocycles. The third-order valence-corrected chi connectivity index (χ3v) is 8.61. The van der Waals surface area contributed by atoms with Crippen molar-refractivity contribution in [2.75, 3.05) is 0 Å². The van der Waals surface area contributed by atoms with E-state index in [0.717, 1.165) is 12.3 Å². The van der Waals surface area contributed by atoms with E-state index in [1.807, 2.05) is 18.2 Å². The molecule has 0 unspecified atom stereocenters. The molecule has 1 aromatic rings. The topological polar surface area (TPSA) is 34.1 Å². The summed E-state index contributed by atoms with van der Waals surface area (Å²) >= 11 is 0. The zero-order valence-electron chi connectivity index (χ0n) is 13.3. The lowest BCUT2D eigenvalue weighted by atomic mass is 9.72. The molecule has 0 spiro atoms. The Balaban J connectivity index is 1.75. The quantitative estimate of drug-likeness (QED) is 0.765. The summed E-state index contributed by atoms with van der Waals surface area (Å²) in [6.45, 7) is 4.41. The van der Waals surface area contributed by atoms with Crippen LogP contribution < -0.4 is 0 Å². The third-order valence-electron chi connectivity index (χ3n) is 6.28. The van der Waals surface area contributed by atoms with Crippen molar-refractivity contribution >= 4 is 9.84 Å². The maximum Gasteiger partial charge on any atom is 0.181 e. The Morgan fingerprint density at radius 3 is 2.23 bits per heavy atom. The summed E-state index contributed by atoms with van der Waals surface area (Å²) in [7, 11) is -3.23. The number of sulfone groups is 1. The highest BCUT2D eigenvalue weighted by Gasteiger charge is 2.49. The van der Waals surface area contributed by atoms with Gasteiger partial charge in [0, 0.05) is 0 Å². The highest BCUT2D eigenvalue weighted by molar-refractivity contribution is 7.92. The standard InChI is InChI=1S/C19H24O2S/c1-12-10-17(22(20,21)16-6-4-3-5-7-16)13(2)19-15-9-8-14(11-15)18(12)19/h3-7,12-15,17H,8-11H2,1-2H3/t12-,13-,14+,15+,17+/m0/s1. The summed E-state index contributed by atoms with van der Waals surface area (Å²) in [6.07, 6.45) is 4.69. The molecule has 22 heavy (non-hydrogen) atoms. The summed E-state index contributed by atoms with van der Waals surface area (Å²) in [4.78, 5) is 0.492. The second-order valence-electron chi connectivity index (χ2n) is 7.44. The minimum atomic E-state index is -3.23. The predicted molar refractivity (Wildman–Crippen MR) is 88.2 cm³/mol. The van der Waals surface area contributed by atoms with Gasteiger partial charge in [0.15, 0.2) is 9.84 Å². The van der Waals surface area contributed by atoms with Gasteiger partial charge in [0.05, 0.1) is 10.1 Å². The summed E-state index contributed by atoms with van der Waals surface area (Å²) in [5.41, 5.74) is 3.17. The summed E-state index contributed by atoms with van der Waals surface area (Å²) in [6, 6.07) is 9.02. The van der Waals surface area contributed by atoms with E-state index in [2.05, 4.69) is 13.8 Å². The van der Waals surface area contributed by atoms with E-state index in [-0.39, 0.29) is 11.2 Å². The Labute approximate surface area is 133 Å². The Kier molecular flexibility index (Phi) is 3.26. The fraction of sp³-hybridized carbons (Fsp3) is 0.579. The van der Waals surface area contributed by atoms with E-state index in [0.29, 0.717) is 16.7 Å². The van der Waals surface area contributed by atoms with Gasteiger partial charge in [-0.05, 0) is 61.5 Å². The molecule has 0 N–H and O–H groups in total. The maximum atomic E-state index is 13.1. The van der Waals surface area contributed by atoms with Gasteiger partial charge in [0.2, 0.25) is 0 Å². The van der Waals surface area contributed by atoms with Gasteiger partial charge in [-0.15, -0.1) is 0 Å². The van der Waals surface area contributed by atoms with Gasteiger partial charge in [-0.2, -0.15) is 0 Å². The molecule has 0 aromatic heterocycles. The molecule has 3 heteroatoms.